The molecule has 0 radical (unpaired) electrons. The van der Waals surface area contributed by atoms with E-state index in [0.717, 1.165) is 36.7 Å². The van der Waals surface area contributed by atoms with Crippen LogP contribution in [-0.2, 0) is 6.54 Å². The van der Waals surface area contributed by atoms with Crippen LogP contribution in [0.1, 0.15) is 19.6 Å². The largest absolute Gasteiger partial charge is 0.455 e. The zero-order chi connectivity index (χ0) is 15.9. The third kappa shape index (κ3) is 4.57. The van der Waals surface area contributed by atoms with E-state index >= 15 is 0 Å². The van der Waals surface area contributed by atoms with Crippen LogP contribution in [0, 0.1) is 5.82 Å². The van der Waals surface area contributed by atoms with Crippen molar-refractivity contribution >= 4 is 11.6 Å². The molecule has 0 fully saturated rings. The lowest BCUT2D eigenvalue weighted by atomic mass is 10.2. The summed E-state index contributed by atoms with van der Waals surface area (Å²) >= 11 is 5.80. The number of nitrogens with two attached hydrogens (primary N) is 1. The standard InChI is InChI=1S/C17H22ClFN2O/c1-3-21(4-2)10-9-20-12-14-6-8-17(22-14)13-5-7-16(19)15(18)11-13/h5-8,11,20H,3-4,9-10,12H2,1-2H3/p+2. The van der Waals surface area contributed by atoms with Crippen LogP contribution < -0.4 is 10.2 Å². The van der Waals surface area contributed by atoms with Crippen LogP contribution in [0.3, 0.4) is 0 Å². The lowest BCUT2D eigenvalue weighted by Gasteiger charge is -2.13. The summed E-state index contributed by atoms with van der Waals surface area (Å²) in [5.41, 5.74) is 0.797. The van der Waals surface area contributed by atoms with Gasteiger partial charge in [-0.15, -0.1) is 0 Å². The molecule has 0 unspecified atom stereocenters. The highest BCUT2D eigenvalue weighted by atomic mass is 35.5. The number of hydrogen-bond donors (Lipinski definition) is 2. The Morgan fingerprint density at radius 3 is 2.64 bits per heavy atom. The van der Waals surface area contributed by atoms with E-state index in [2.05, 4.69) is 19.2 Å². The Morgan fingerprint density at radius 1 is 1.18 bits per heavy atom. The van der Waals surface area contributed by atoms with Crippen molar-refractivity contribution in [2.45, 2.75) is 20.4 Å². The number of rotatable bonds is 8. The molecule has 0 saturated carbocycles. The predicted octanol–water partition coefficient (Wildman–Crippen LogP) is 1.73. The van der Waals surface area contributed by atoms with Crippen LogP contribution in [0.4, 0.5) is 4.39 Å². The molecular formula is C17H24ClFN2O+2. The molecule has 1 aromatic carbocycles. The minimum atomic E-state index is -0.413. The van der Waals surface area contributed by atoms with Gasteiger partial charge in [0.2, 0.25) is 0 Å². The zero-order valence-electron chi connectivity index (χ0n) is 13.2. The van der Waals surface area contributed by atoms with Gasteiger partial charge in [0.15, 0.2) is 5.76 Å². The molecule has 0 aliphatic rings. The zero-order valence-corrected chi connectivity index (χ0v) is 13.9. The molecule has 1 heterocycles. The monoisotopic (exact) mass is 326 g/mol. The minimum Gasteiger partial charge on any atom is -0.455 e. The molecular weight excluding hydrogens is 303 g/mol. The summed E-state index contributed by atoms with van der Waals surface area (Å²) in [6.45, 7) is 9.82. The molecule has 120 valence electrons. The first-order valence-electron chi connectivity index (χ1n) is 7.83. The van der Waals surface area contributed by atoms with Gasteiger partial charge in [0, 0.05) is 5.56 Å². The van der Waals surface area contributed by atoms with Gasteiger partial charge in [0.1, 0.15) is 31.2 Å². The first-order chi connectivity index (χ1) is 10.6. The van der Waals surface area contributed by atoms with Crippen LogP contribution in [0.5, 0.6) is 0 Å². The van der Waals surface area contributed by atoms with E-state index in [1.807, 2.05) is 12.1 Å². The van der Waals surface area contributed by atoms with Crippen molar-refractivity contribution in [3.05, 3.63) is 46.9 Å². The van der Waals surface area contributed by atoms with Gasteiger partial charge in [-0.3, -0.25) is 0 Å². The maximum Gasteiger partial charge on any atom is 0.158 e. The molecule has 22 heavy (non-hydrogen) atoms. The molecule has 2 rings (SSSR count). The fourth-order valence-electron chi connectivity index (χ4n) is 2.45. The Labute approximate surface area is 136 Å². The summed E-state index contributed by atoms with van der Waals surface area (Å²) in [4.78, 5) is 1.61. The number of nitrogens with one attached hydrogen (secondary N) is 1. The predicted molar refractivity (Wildman–Crippen MR) is 86.5 cm³/mol. The average molecular weight is 327 g/mol. The number of benzene rings is 1. The fraction of sp³-hybridized carbons (Fsp3) is 0.412. The lowest BCUT2D eigenvalue weighted by molar-refractivity contribution is -0.910. The van der Waals surface area contributed by atoms with E-state index in [-0.39, 0.29) is 5.02 Å². The SMILES string of the molecule is CC[NH+](CC)CC[NH2+]Cc1ccc(-c2ccc(F)c(Cl)c2)o1. The van der Waals surface area contributed by atoms with Crippen molar-refractivity contribution in [1.82, 2.24) is 0 Å². The molecule has 1 aromatic heterocycles. The van der Waals surface area contributed by atoms with Crippen LogP contribution >= 0.6 is 11.6 Å². The lowest BCUT2D eigenvalue weighted by Crippen LogP contribution is -3.14. The van der Waals surface area contributed by atoms with Crippen LogP contribution in [0.25, 0.3) is 11.3 Å². The molecule has 3 N–H and O–H groups in total. The van der Waals surface area contributed by atoms with E-state index in [1.54, 1.807) is 17.0 Å². The molecule has 0 aliphatic carbocycles. The summed E-state index contributed by atoms with van der Waals surface area (Å²) in [6, 6.07) is 8.50. The highest BCUT2D eigenvalue weighted by Crippen LogP contribution is 2.26. The van der Waals surface area contributed by atoms with Crippen molar-refractivity contribution in [3.63, 3.8) is 0 Å². The maximum absolute atomic E-state index is 13.2. The van der Waals surface area contributed by atoms with Crippen LogP contribution in [-0.4, -0.2) is 26.2 Å². The molecule has 3 nitrogen and oxygen atoms in total. The number of likely N-dealkylation sites (N-methyl/N-ethyl adjacent to an activating group) is 1. The van der Waals surface area contributed by atoms with E-state index in [9.17, 15) is 4.39 Å². The topological polar surface area (TPSA) is 34.2 Å². The molecule has 2 aromatic rings. The second kappa shape index (κ2) is 8.32. The van der Waals surface area contributed by atoms with Gasteiger partial charge in [-0.05, 0) is 44.2 Å². The Kier molecular flexibility index (Phi) is 6.43. The number of furan rings is 1. The molecule has 0 spiro atoms. The summed E-state index contributed by atoms with van der Waals surface area (Å²) < 4.78 is 19.0. The smallest absolute Gasteiger partial charge is 0.158 e. The number of hydrogen-bond acceptors (Lipinski definition) is 1. The van der Waals surface area contributed by atoms with Gasteiger partial charge in [0.05, 0.1) is 18.1 Å². The minimum absolute atomic E-state index is 0.115. The third-order valence-corrected chi connectivity index (χ3v) is 4.20. The number of halogens is 2. The Morgan fingerprint density at radius 2 is 1.95 bits per heavy atom. The van der Waals surface area contributed by atoms with E-state index in [1.165, 1.54) is 19.2 Å². The highest BCUT2D eigenvalue weighted by molar-refractivity contribution is 6.31. The van der Waals surface area contributed by atoms with E-state index < -0.39 is 5.82 Å². The second-order valence-corrected chi connectivity index (χ2v) is 5.79. The second-order valence-electron chi connectivity index (χ2n) is 5.38. The third-order valence-electron chi connectivity index (χ3n) is 3.91. The van der Waals surface area contributed by atoms with Crippen LogP contribution in [0.2, 0.25) is 5.02 Å². The Balaban J connectivity index is 1.87. The Hall–Kier alpha value is -1.36. The Bertz CT molecular complexity index is 596. The molecule has 0 bridgehead atoms. The van der Waals surface area contributed by atoms with Crippen LogP contribution in [0.15, 0.2) is 34.7 Å². The maximum atomic E-state index is 13.2. The molecule has 0 atom stereocenters. The van der Waals surface area contributed by atoms with Gasteiger partial charge in [-0.25, -0.2) is 4.39 Å². The molecule has 0 saturated heterocycles. The highest BCUT2D eigenvalue weighted by Gasteiger charge is 2.09. The molecule has 5 heteroatoms. The summed E-state index contributed by atoms with van der Waals surface area (Å²) in [5, 5.41) is 2.37. The van der Waals surface area contributed by atoms with Crippen molar-refractivity contribution in [1.29, 1.82) is 0 Å². The first kappa shape index (κ1) is 17.0. The van der Waals surface area contributed by atoms with E-state index in [4.69, 9.17) is 16.0 Å². The normalized spacial score (nSPS) is 11.3. The molecule has 0 aliphatic heterocycles. The summed E-state index contributed by atoms with van der Waals surface area (Å²) in [6.07, 6.45) is 0. The summed E-state index contributed by atoms with van der Waals surface area (Å²) in [7, 11) is 0. The van der Waals surface area contributed by atoms with Gasteiger partial charge in [0.25, 0.3) is 0 Å². The van der Waals surface area contributed by atoms with Gasteiger partial charge < -0.3 is 14.6 Å². The van der Waals surface area contributed by atoms with Gasteiger partial charge >= 0.3 is 0 Å². The van der Waals surface area contributed by atoms with E-state index in [0.29, 0.717) is 0 Å². The van der Waals surface area contributed by atoms with Crippen molar-refractivity contribution in [3.8, 4) is 11.3 Å². The summed E-state index contributed by atoms with van der Waals surface area (Å²) in [5.74, 6) is 1.23. The quantitative estimate of drug-likeness (QED) is 0.712. The van der Waals surface area contributed by atoms with Crippen molar-refractivity contribution in [2.75, 3.05) is 26.2 Å². The number of quaternary nitrogens is 2. The average Bonchev–Trinajstić information content (AvgIpc) is 2.99. The van der Waals surface area contributed by atoms with Gasteiger partial charge in [-0.2, -0.15) is 0 Å². The van der Waals surface area contributed by atoms with Gasteiger partial charge in [-0.1, -0.05) is 11.6 Å². The fourth-order valence-corrected chi connectivity index (χ4v) is 2.63. The van der Waals surface area contributed by atoms with Crippen molar-refractivity contribution in [2.24, 2.45) is 0 Å². The first-order valence-corrected chi connectivity index (χ1v) is 8.21. The van der Waals surface area contributed by atoms with Crippen molar-refractivity contribution < 1.29 is 19.0 Å². The molecule has 0 amide bonds.